The number of benzene rings is 3. The van der Waals surface area contributed by atoms with Crippen LogP contribution in [0, 0.1) is 11.7 Å². The maximum absolute atomic E-state index is 14.7. The van der Waals surface area contributed by atoms with E-state index in [-0.39, 0.29) is 16.0 Å². The second kappa shape index (κ2) is 11.4. The molecule has 39 heavy (non-hydrogen) atoms. The molecule has 1 aliphatic heterocycles. The van der Waals surface area contributed by atoms with Crippen molar-refractivity contribution in [1.82, 2.24) is 4.90 Å². The van der Waals surface area contributed by atoms with Crippen LogP contribution >= 0.6 is 0 Å². The lowest BCUT2D eigenvalue weighted by molar-refractivity contribution is 0.257. The van der Waals surface area contributed by atoms with E-state index in [0.29, 0.717) is 0 Å². The smallest absolute Gasteiger partial charge is 0.261 e. The van der Waals surface area contributed by atoms with Gasteiger partial charge in [-0.15, -0.1) is 0 Å². The second-order valence-electron chi connectivity index (χ2n) is 12.4. The van der Waals surface area contributed by atoms with Crippen LogP contribution in [0.1, 0.15) is 74.3 Å². The van der Waals surface area contributed by atoms with Crippen molar-refractivity contribution in [2.24, 2.45) is 5.92 Å². The highest BCUT2D eigenvalue weighted by Crippen LogP contribution is 2.34. The SMILES string of the molecule is CC(C)(C)c1ccc(CCN2CCc3cc(S(=O)(=O)Nc4ccc(CCCC5CC5)cc4F)ccc3C2)cc1. The van der Waals surface area contributed by atoms with E-state index in [1.54, 1.807) is 18.2 Å². The quantitative estimate of drug-likeness (QED) is 0.290. The minimum Gasteiger partial charge on any atom is -0.298 e. The van der Waals surface area contributed by atoms with E-state index in [9.17, 15) is 12.8 Å². The molecule has 1 fully saturated rings. The summed E-state index contributed by atoms with van der Waals surface area (Å²) in [5, 5.41) is 0. The number of aryl methyl sites for hydroxylation is 1. The Hall–Kier alpha value is -2.70. The van der Waals surface area contributed by atoms with Crippen LogP contribution in [-0.4, -0.2) is 26.4 Å². The molecule has 0 spiro atoms. The third-order valence-electron chi connectivity index (χ3n) is 8.17. The number of anilines is 1. The van der Waals surface area contributed by atoms with Crippen molar-refractivity contribution >= 4 is 15.7 Å². The first-order valence-corrected chi connectivity index (χ1v) is 15.8. The molecular formula is C33H41FN2O2S. The van der Waals surface area contributed by atoms with Gasteiger partial charge in [0.1, 0.15) is 5.82 Å². The maximum atomic E-state index is 14.7. The molecule has 0 atom stereocenters. The van der Waals surface area contributed by atoms with Crippen LogP contribution in [0.25, 0.3) is 0 Å². The fraction of sp³-hybridized carbons (Fsp3) is 0.455. The zero-order valence-corrected chi connectivity index (χ0v) is 24.3. The summed E-state index contributed by atoms with van der Waals surface area (Å²) in [6.07, 6.45) is 7.49. The Labute approximate surface area is 233 Å². The molecule has 2 aliphatic rings. The van der Waals surface area contributed by atoms with Gasteiger partial charge in [0.2, 0.25) is 0 Å². The summed E-state index contributed by atoms with van der Waals surface area (Å²) in [7, 11) is -3.88. The summed E-state index contributed by atoms with van der Waals surface area (Å²) >= 11 is 0. The van der Waals surface area contributed by atoms with Gasteiger partial charge in [-0.05, 0) is 89.1 Å². The fourth-order valence-corrected chi connectivity index (χ4v) is 6.52. The lowest BCUT2D eigenvalue weighted by Crippen LogP contribution is -2.32. The molecule has 1 saturated carbocycles. The Morgan fingerprint density at radius 3 is 2.36 bits per heavy atom. The summed E-state index contributed by atoms with van der Waals surface area (Å²) in [5.41, 5.74) is 5.96. The van der Waals surface area contributed by atoms with Gasteiger partial charge in [-0.1, -0.05) is 76.4 Å². The molecule has 1 heterocycles. The highest BCUT2D eigenvalue weighted by atomic mass is 32.2. The summed E-state index contributed by atoms with van der Waals surface area (Å²) in [4.78, 5) is 2.61. The zero-order valence-electron chi connectivity index (χ0n) is 23.5. The number of hydrogen-bond acceptors (Lipinski definition) is 3. The summed E-state index contributed by atoms with van der Waals surface area (Å²) in [5.74, 6) is 0.334. The standard InChI is InChI=1S/C33H41FN2O2S/c1-33(2,3)29-13-9-25(10-14-29)17-19-36-20-18-27-22-30(15-12-28(27)23-36)39(37,38)35-32-16-11-26(21-31(32)34)6-4-5-24-7-8-24/h9-16,21-22,24,35H,4-8,17-20,23H2,1-3H3. The number of halogens is 1. The first-order valence-electron chi connectivity index (χ1n) is 14.3. The molecule has 0 aromatic heterocycles. The molecule has 0 unspecified atom stereocenters. The number of nitrogens with one attached hydrogen (secondary N) is 1. The van der Waals surface area contributed by atoms with Crippen LogP contribution in [0.5, 0.6) is 0 Å². The van der Waals surface area contributed by atoms with Gasteiger partial charge in [0, 0.05) is 19.6 Å². The molecule has 0 saturated heterocycles. The van der Waals surface area contributed by atoms with E-state index in [2.05, 4.69) is 54.7 Å². The Balaban J connectivity index is 1.17. The van der Waals surface area contributed by atoms with Gasteiger partial charge in [-0.2, -0.15) is 0 Å². The van der Waals surface area contributed by atoms with E-state index in [1.807, 2.05) is 12.1 Å². The molecule has 1 N–H and O–H groups in total. The molecule has 3 aromatic rings. The van der Waals surface area contributed by atoms with Crippen molar-refractivity contribution in [2.75, 3.05) is 17.8 Å². The van der Waals surface area contributed by atoms with Crippen molar-refractivity contribution < 1.29 is 12.8 Å². The summed E-state index contributed by atoms with van der Waals surface area (Å²) in [6.45, 7) is 9.35. The number of rotatable bonds is 10. The molecule has 0 radical (unpaired) electrons. The molecule has 208 valence electrons. The van der Waals surface area contributed by atoms with Crippen LogP contribution in [0.3, 0.4) is 0 Å². The lowest BCUT2D eigenvalue weighted by Gasteiger charge is -2.29. The average Bonchev–Trinajstić information content (AvgIpc) is 3.73. The van der Waals surface area contributed by atoms with E-state index < -0.39 is 15.8 Å². The van der Waals surface area contributed by atoms with Crippen molar-refractivity contribution in [1.29, 1.82) is 0 Å². The molecule has 6 heteroatoms. The minimum absolute atomic E-state index is 0.000344. The van der Waals surface area contributed by atoms with Gasteiger partial charge in [0.15, 0.2) is 0 Å². The largest absolute Gasteiger partial charge is 0.298 e. The molecule has 1 aliphatic carbocycles. The Morgan fingerprint density at radius 2 is 1.67 bits per heavy atom. The van der Waals surface area contributed by atoms with E-state index in [0.717, 1.165) is 67.9 Å². The van der Waals surface area contributed by atoms with Crippen LogP contribution in [0.2, 0.25) is 0 Å². The van der Waals surface area contributed by atoms with Crippen molar-refractivity contribution in [3.05, 3.63) is 94.3 Å². The van der Waals surface area contributed by atoms with E-state index >= 15 is 0 Å². The molecule has 5 rings (SSSR count). The summed E-state index contributed by atoms with van der Waals surface area (Å²) < 4.78 is 43.4. The predicted octanol–water partition coefficient (Wildman–Crippen LogP) is 7.26. The van der Waals surface area contributed by atoms with E-state index in [4.69, 9.17) is 0 Å². The predicted molar refractivity (Wildman–Crippen MR) is 157 cm³/mol. The number of sulfonamides is 1. The number of fused-ring (bicyclic) bond motifs is 1. The topological polar surface area (TPSA) is 49.4 Å². The highest BCUT2D eigenvalue weighted by Gasteiger charge is 2.23. The zero-order chi connectivity index (χ0) is 27.6. The van der Waals surface area contributed by atoms with Gasteiger partial charge in [0.25, 0.3) is 10.0 Å². The summed E-state index contributed by atoms with van der Waals surface area (Å²) in [6, 6.07) is 19.1. The first kappa shape index (κ1) is 27.9. The molecular weight excluding hydrogens is 507 g/mol. The Kier molecular flexibility index (Phi) is 8.16. The number of hydrogen-bond donors (Lipinski definition) is 1. The van der Waals surface area contributed by atoms with Gasteiger partial charge < -0.3 is 0 Å². The minimum atomic E-state index is -3.88. The Bertz CT molecular complexity index is 1410. The van der Waals surface area contributed by atoms with Crippen LogP contribution < -0.4 is 4.72 Å². The average molecular weight is 549 g/mol. The second-order valence-corrected chi connectivity index (χ2v) is 14.1. The van der Waals surface area contributed by atoms with Gasteiger partial charge >= 0.3 is 0 Å². The van der Waals surface area contributed by atoms with Crippen molar-refractivity contribution in [2.45, 2.75) is 82.6 Å². The van der Waals surface area contributed by atoms with Crippen LogP contribution in [0.4, 0.5) is 10.1 Å². The van der Waals surface area contributed by atoms with Crippen LogP contribution in [-0.2, 0) is 41.2 Å². The molecule has 4 nitrogen and oxygen atoms in total. The molecule has 0 bridgehead atoms. The van der Waals surface area contributed by atoms with Gasteiger partial charge in [-0.3, -0.25) is 9.62 Å². The first-order chi connectivity index (χ1) is 18.6. The van der Waals surface area contributed by atoms with Crippen LogP contribution in [0.15, 0.2) is 65.6 Å². The molecule has 0 amide bonds. The van der Waals surface area contributed by atoms with Crippen molar-refractivity contribution in [3.8, 4) is 0 Å². The highest BCUT2D eigenvalue weighted by molar-refractivity contribution is 7.92. The fourth-order valence-electron chi connectivity index (χ4n) is 5.41. The maximum Gasteiger partial charge on any atom is 0.261 e. The number of nitrogens with zero attached hydrogens (tertiary/aromatic N) is 1. The van der Waals surface area contributed by atoms with Gasteiger partial charge in [0.05, 0.1) is 10.6 Å². The van der Waals surface area contributed by atoms with Crippen molar-refractivity contribution in [3.63, 3.8) is 0 Å². The van der Waals surface area contributed by atoms with E-state index in [1.165, 1.54) is 36.5 Å². The van der Waals surface area contributed by atoms with Gasteiger partial charge in [-0.25, -0.2) is 12.8 Å². The third kappa shape index (κ3) is 7.29. The lowest BCUT2D eigenvalue weighted by atomic mass is 9.86. The Morgan fingerprint density at radius 1 is 0.923 bits per heavy atom. The normalized spacial score (nSPS) is 16.2. The monoisotopic (exact) mass is 548 g/mol. The molecule has 3 aromatic carbocycles. The third-order valence-corrected chi connectivity index (χ3v) is 9.53.